The van der Waals surface area contributed by atoms with E-state index in [1.54, 1.807) is 25.1 Å². The minimum absolute atomic E-state index is 0.00823. The van der Waals surface area contributed by atoms with Crippen molar-refractivity contribution in [3.63, 3.8) is 0 Å². The molecule has 0 aliphatic heterocycles. The number of alkyl halides is 3. The van der Waals surface area contributed by atoms with Gasteiger partial charge in [0.1, 0.15) is 6.04 Å². The first-order valence-electron chi connectivity index (χ1n) is 9.92. The van der Waals surface area contributed by atoms with E-state index < -0.39 is 29.6 Å². The van der Waals surface area contributed by atoms with Crippen LogP contribution >= 0.6 is 11.8 Å². The average molecular weight is 484 g/mol. The minimum Gasteiger partial charge on any atom is -0.504 e. The summed E-state index contributed by atoms with van der Waals surface area (Å²) in [5.74, 6) is -0.606. The van der Waals surface area contributed by atoms with Crippen LogP contribution in [0.1, 0.15) is 34.8 Å². The van der Waals surface area contributed by atoms with Crippen molar-refractivity contribution >= 4 is 29.8 Å². The van der Waals surface area contributed by atoms with Crippen LogP contribution < -0.4 is 15.5 Å². The summed E-state index contributed by atoms with van der Waals surface area (Å²) in [5.41, 5.74) is 1.74. The molecule has 1 atom stereocenters. The SMILES string of the molecule is CCOc1cccc(C=NNC(=O)C(CCSC)NC(=O)c2ccc(C(F)(F)F)cc2)c1O. The average Bonchev–Trinajstić information content (AvgIpc) is 2.78. The minimum atomic E-state index is -4.51. The van der Waals surface area contributed by atoms with E-state index in [-0.39, 0.29) is 23.5 Å². The third-order valence-electron chi connectivity index (χ3n) is 4.42. The van der Waals surface area contributed by atoms with Crippen LogP contribution in [0, 0.1) is 0 Å². The summed E-state index contributed by atoms with van der Waals surface area (Å²) in [6, 6.07) is 7.56. The number of amides is 2. The van der Waals surface area contributed by atoms with Gasteiger partial charge in [-0.2, -0.15) is 30.0 Å². The van der Waals surface area contributed by atoms with Crippen molar-refractivity contribution in [1.29, 1.82) is 0 Å². The summed E-state index contributed by atoms with van der Waals surface area (Å²) < 4.78 is 43.4. The fraction of sp³-hybridized carbons (Fsp3) is 0.318. The number of hydrogen-bond donors (Lipinski definition) is 3. The molecule has 3 N–H and O–H groups in total. The van der Waals surface area contributed by atoms with Gasteiger partial charge >= 0.3 is 6.18 Å². The van der Waals surface area contributed by atoms with Gasteiger partial charge in [0.25, 0.3) is 11.8 Å². The third kappa shape index (κ3) is 7.70. The summed E-state index contributed by atoms with van der Waals surface area (Å²) in [7, 11) is 0. The van der Waals surface area contributed by atoms with Gasteiger partial charge in [-0.1, -0.05) is 6.07 Å². The monoisotopic (exact) mass is 483 g/mol. The fourth-order valence-electron chi connectivity index (χ4n) is 2.72. The predicted octanol–water partition coefficient (Wildman–Crippen LogP) is 3.81. The van der Waals surface area contributed by atoms with Gasteiger partial charge in [0.05, 0.1) is 18.4 Å². The van der Waals surface area contributed by atoms with E-state index in [2.05, 4.69) is 15.8 Å². The maximum absolute atomic E-state index is 12.7. The van der Waals surface area contributed by atoms with Crippen LogP contribution in [-0.4, -0.2) is 47.8 Å². The van der Waals surface area contributed by atoms with E-state index in [1.807, 2.05) is 6.26 Å². The molecule has 178 valence electrons. The fourth-order valence-corrected chi connectivity index (χ4v) is 3.19. The zero-order chi connectivity index (χ0) is 24.4. The zero-order valence-electron chi connectivity index (χ0n) is 18.0. The van der Waals surface area contributed by atoms with Gasteiger partial charge in [0.15, 0.2) is 11.5 Å². The molecule has 2 aromatic carbocycles. The molecular formula is C22H24F3N3O4S. The topological polar surface area (TPSA) is 100 Å². The molecule has 0 saturated carbocycles. The van der Waals surface area contributed by atoms with Gasteiger partial charge in [-0.05, 0) is 61.8 Å². The number of hydrogen-bond acceptors (Lipinski definition) is 6. The molecular weight excluding hydrogens is 459 g/mol. The molecule has 0 bridgehead atoms. The predicted molar refractivity (Wildman–Crippen MR) is 121 cm³/mol. The lowest BCUT2D eigenvalue weighted by molar-refractivity contribution is -0.137. The summed E-state index contributed by atoms with van der Waals surface area (Å²) >= 11 is 1.46. The largest absolute Gasteiger partial charge is 0.504 e. The number of halogens is 3. The van der Waals surface area contributed by atoms with E-state index in [0.29, 0.717) is 17.9 Å². The normalized spacial score (nSPS) is 12.4. The number of ether oxygens (including phenoxy) is 1. The van der Waals surface area contributed by atoms with Gasteiger partial charge in [0.2, 0.25) is 0 Å². The van der Waals surface area contributed by atoms with E-state index in [9.17, 15) is 27.9 Å². The third-order valence-corrected chi connectivity index (χ3v) is 5.06. The second-order valence-electron chi connectivity index (χ2n) is 6.74. The van der Waals surface area contributed by atoms with Gasteiger partial charge in [0, 0.05) is 11.1 Å². The Hall–Kier alpha value is -3.21. The number of rotatable bonds is 10. The van der Waals surface area contributed by atoms with Crippen molar-refractivity contribution in [2.45, 2.75) is 25.6 Å². The van der Waals surface area contributed by atoms with Gasteiger partial charge in [-0.15, -0.1) is 0 Å². The van der Waals surface area contributed by atoms with Crippen LogP contribution in [0.25, 0.3) is 0 Å². The van der Waals surface area contributed by atoms with Crippen molar-refractivity contribution in [3.8, 4) is 11.5 Å². The van der Waals surface area contributed by atoms with Crippen LogP contribution in [0.2, 0.25) is 0 Å². The zero-order valence-corrected chi connectivity index (χ0v) is 18.8. The Kier molecular flexibility index (Phi) is 9.58. The molecule has 0 aliphatic carbocycles. The summed E-state index contributed by atoms with van der Waals surface area (Å²) in [5, 5.41) is 16.5. The summed E-state index contributed by atoms with van der Waals surface area (Å²) in [4.78, 5) is 25.0. The highest BCUT2D eigenvalue weighted by molar-refractivity contribution is 7.98. The highest BCUT2D eigenvalue weighted by Crippen LogP contribution is 2.29. The Morgan fingerprint density at radius 1 is 1.21 bits per heavy atom. The molecule has 0 aromatic heterocycles. The maximum Gasteiger partial charge on any atom is 0.416 e. The summed E-state index contributed by atoms with van der Waals surface area (Å²) in [6.45, 7) is 2.13. The molecule has 0 spiro atoms. The van der Waals surface area contributed by atoms with E-state index >= 15 is 0 Å². The van der Waals surface area contributed by atoms with Crippen LogP contribution in [0.15, 0.2) is 47.6 Å². The van der Waals surface area contributed by atoms with Gasteiger partial charge < -0.3 is 15.2 Å². The standard InChI is InChI=1S/C22H24F3N3O4S/c1-3-32-18-6-4-5-15(19(18)29)13-26-28-21(31)17(11-12-33-2)27-20(30)14-7-9-16(10-8-14)22(23,24)25/h4-10,13,17,29H,3,11-12H2,1-2H3,(H,27,30)(H,28,31). The van der Waals surface area contributed by atoms with Gasteiger partial charge in [-0.25, -0.2) is 5.43 Å². The molecule has 11 heteroatoms. The molecule has 0 heterocycles. The van der Waals surface area contributed by atoms with Crippen LogP contribution in [-0.2, 0) is 11.0 Å². The second kappa shape index (κ2) is 12.1. The van der Waals surface area contributed by atoms with Crippen molar-refractivity contribution in [3.05, 3.63) is 59.2 Å². The number of hydrazone groups is 1. The lowest BCUT2D eigenvalue weighted by Gasteiger charge is -2.17. The molecule has 33 heavy (non-hydrogen) atoms. The molecule has 1 unspecified atom stereocenters. The summed E-state index contributed by atoms with van der Waals surface area (Å²) in [6.07, 6.45) is -1.16. The first-order chi connectivity index (χ1) is 15.7. The number of benzene rings is 2. The number of para-hydroxylation sites is 1. The van der Waals surface area contributed by atoms with E-state index in [0.717, 1.165) is 24.3 Å². The Morgan fingerprint density at radius 2 is 1.91 bits per heavy atom. The quantitative estimate of drug-likeness (QED) is 0.353. The van der Waals surface area contributed by atoms with Crippen LogP contribution in [0.5, 0.6) is 11.5 Å². The molecule has 0 fully saturated rings. The number of phenols is 1. The Bertz CT molecular complexity index is 982. The Morgan fingerprint density at radius 3 is 2.52 bits per heavy atom. The van der Waals surface area contributed by atoms with Crippen molar-refractivity contribution < 1.29 is 32.6 Å². The number of aromatic hydroxyl groups is 1. The molecule has 2 amide bonds. The highest BCUT2D eigenvalue weighted by Gasteiger charge is 2.30. The molecule has 7 nitrogen and oxygen atoms in total. The Labute approximate surface area is 193 Å². The van der Waals surface area contributed by atoms with Crippen molar-refractivity contribution in [1.82, 2.24) is 10.7 Å². The highest BCUT2D eigenvalue weighted by atomic mass is 32.2. The van der Waals surface area contributed by atoms with Crippen LogP contribution in [0.3, 0.4) is 0 Å². The smallest absolute Gasteiger partial charge is 0.416 e. The molecule has 0 radical (unpaired) electrons. The second-order valence-corrected chi connectivity index (χ2v) is 7.73. The maximum atomic E-state index is 12.7. The van der Waals surface area contributed by atoms with Crippen LogP contribution in [0.4, 0.5) is 13.2 Å². The van der Waals surface area contributed by atoms with E-state index in [1.165, 1.54) is 18.0 Å². The number of carbonyl (C=O) groups is 2. The Balaban J connectivity index is 2.06. The van der Waals surface area contributed by atoms with Crippen molar-refractivity contribution in [2.75, 3.05) is 18.6 Å². The first-order valence-corrected chi connectivity index (χ1v) is 11.3. The number of phenolic OH excluding ortho intramolecular Hbond substituents is 1. The molecule has 2 aromatic rings. The number of nitrogens with zero attached hydrogens (tertiary/aromatic N) is 1. The first kappa shape index (κ1) is 26.0. The number of thioether (sulfide) groups is 1. The van der Waals surface area contributed by atoms with Gasteiger partial charge in [-0.3, -0.25) is 9.59 Å². The van der Waals surface area contributed by atoms with E-state index in [4.69, 9.17) is 4.74 Å². The number of carbonyl (C=O) groups excluding carboxylic acids is 2. The number of nitrogens with one attached hydrogen (secondary N) is 2. The molecule has 0 aliphatic rings. The molecule has 2 rings (SSSR count). The lowest BCUT2D eigenvalue weighted by Crippen LogP contribution is -2.45. The lowest BCUT2D eigenvalue weighted by atomic mass is 10.1. The molecule has 0 saturated heterocycles. The van der Waals surface area contributed by atoms with Crippen molar-refractivity contribution in [2.24, 2.45) is 5.10 Å².